The average molecular weight is 252 g/mol. The molecule has 0 radical (unpaired) electrons. The van der Waals surface area contributed by atoms with Gasteiger partial charge in [-0.3, -0.25) is 0 Å². The van der Waals surface area contributed by atoms with Crippen molar-refractivity contribution in [3.8, 4) is 5.75 Å². The second-order valence-electron chi connectivity index (χ2n) is 5.47. The van der Waals surface area contributed by atoms with Crippen LogP contribution in [0.4, 0.5) is 0 Å². The van der Waals surface area contributed by atoms with Crippen LogP contribution in [-0.4, -0.2) is 24.9 Å². The largest absolute Gasteiger partial charge is 0.494 e. The van der Waals surface area contributed by atoms with Gasteiger partial charge in [-0.1, -0.05) is 32.9 Å². The van der Waals surface area contributed by atoms with E-state index < -0.39 is 6.10 Å². The maximum Gasteiger partial charge on any atom is 0.119 e. The SMILES string of the molecule is CCOc1ccc(C(O)C(OC)C(C)(C)C)cc1. The minimum absolute atomic E-state index is 0.118. The van der Waals surface area contributed by atoms with Crippen LogP contribution >= 0.6 is 0 Å². The minimum atomic E-state index is -0.634. The van der Waals surface area contributed by atoms with E-state index in [0.717, 1.165) is 11.3 Å². The summed E-state index contributed by atoms with van der Waals surface area (Å²) in [6.07, 6.45) is -0.874. The van der Waals surface area contributed by atoms with E-state index in [1.54, 1.807) is 7.11 Å². The Morgan fingerprint density at radius 2 is 1.72 bits per heavy atom. The zero-order valence-electron chi connectivity index (χ0n) is 11.9. The predicted molar refractivity (Wildman–Crippen MR) is 72.8 cm³/mol. The molecule has 0 aromatic heterocycles. The van der Waals surface area contributed by atoms with Crippen molar-refractivity contribution in [3.63, 3.8) is 0 Å². The molecule has 2 atom stereocenters. The highest BCUT2D eigenvalue weighted by Crippen LogP contribution is 2.32. The molecule has 0 heterocycles. The number of benzene rings is 1. The van der Waals surface area contributed by atoms with E-state index in [9.17, 15) is 5.11 Å². The molecule has 1 aromatic carbocycles. The summed E-state index contributed by atoms with van der Waals surface area (Å²) in [4.78, 5) is 0. The van der Waals surface area contributed by atoms with Gasteiger partial charge >= 0.3 is 0 Å². The van der Waals surface area contributed by atoms with Crippen LogP contribution in [0.5, 0.6) is 5.75 Å². The van der Waals surface area contributed by atoms with Gasteiger partial charge in [0.15, 0.2) is 0 Å². The Bertz CT molecular complexity index is 351. The Labute approximate surface area is 110 Å². The fourth-order valence-electron chi connectivity index (χ4n) is 2.06. The number of hydrogen-bond donors (Lipinski definition) is 1. The molecule has 0 saturated heterocycles. The molecule has 0 bridgehead atoms. The van der Waals surface area contributed by atoms with Crippen molar-refractivity contribution in [1.29, 1.82) is 0 Å². The van der Waals surface area contributed by atoms with Gasteiger partial charge in [0.05, 0.1) is 12.7 Å². The van der Waals surface area contributed by atoms with Crippen LogP contribution in [0.15, 0.2) is 24.3 Å². The van der Waals surface area contributed by atoms with Crippen LogP contribution in [-0.2, 0) is 4.74 Å². The number of hydrogen-bond acceptors (Lipinski definition) is 3. The standard InChI is InChI=1S/C15H24O3/c1-6-18-12-9-7-11(8-10-12)13(16)14(17-5)15(2,3)4/h7-10,13-14,16H,6H2,1-5H3. The van der Waals surface area contributed by atoms with Gasteiger partial charge in [0.2, 0.25) is 0 Å². The van der Waals surface area contributed by atoms with Crippen molar-refractivity contribution in [2.24, 2.45) is 5.41 Å². The Balaban J connectivity index is 2.85. The van der Waals surface area contributed by atoms with Crippen LogP contribution in [0.2, 0.25) is 0 Å². The van der Waals surface area contributed by atoms with E-state index in [1.165, 1.54) is 0 Å². The van der Waals surface area contributed by atoms with Crippen LogP contribution in [0.25, 0.3) is 0 Å². The monoisotopic (exact) mass is 252 g/mol. The fraction of sp³-hybridized carbons (Fsp3) is 0.600. The topological polar surface area (TPSA) is 38.7 Å². The summed E-state index contributed by atoms with van der Waals surface area (Å²) < 4.78 is 10.8. The van der Waals surface area contributed by atoms with Crippen molar-refractivity contribution < 1.29 is 14.6 Å². The quantitative estimate of drug-likeness (QED) is 0.874. The second-order valence-corrected chi connectivity index (χ2v) is 5.47. The molecule has 0 aliphatic heterocycles. The zero-order valence-corrected chi connectivity index (χ0v) is 11.9. The van der Waals surface area contributed by atoms with Crippen molar-refractivity contribution in [3.05, 3.63) is 29.8 Å². The van der Waals surface area contributed by atoms with Gasteiger partial charge < -0.3 is 14.6 Å². The van der Waals surface area contributed by atoms with E-state index in [1.807, 2.05) is 31.2 Å². The maximum atomic E-state index is 10.4. The summed E-state index contributed by atoms with van der Waals surface area (Å²) in [5.74, 6) is 0.818. The van der Waals surface area contributed by atoms with Crippen molar-refractivity contribution in [1.82, 2.24) is 0 Å². The lowest BCUT2D eigenvalue weighted by Gasteiger charge is -2.33. The summed E-state index contributed by atoms with van der Waals surface area (Å²) in [6.45, 7) is 8.75. The summed E-state index contributed by atoms with van der Waals surface area (Å²) in [6, 6.07) is 7.51. The second kappa shape index (κ2) is 6.21. The maximum absolute atomic E-state index is 10.4. The van der Waals surface area contributed by atoms with E-state index in [4.69, 9.17) is 9.47 Å². The molecule has 2 unspecified atom stereocenters. The van der Waals surface area contributed by atoms with E-state index in [0.29, 0.717) is 6.61 Å². The first-order chi connectivity index (χ1) is 8.40. The summed E-state index contributed by atoms with van der Waals surface area (Å²) in [5.41, 5.74) is 0.729. The molecule has 18 heavy (non-hydrogen) atoms. The Morgan fingerprint density at radius 1 is 1.17 bits per heavy atom. The molecule has 3 nitrogen and oxygen atoms in total. The molecule has 0 spiro atoms. The third-order valence-corrected chi connectivity index (χ3v) is 2.93. The number of ether oxygens (including phenoxy) is 2. The highest BCUT2D eigenvalue weighted by Gasteiger charge is 2.32. The lowest BCUT2D eigenvalue weighted by atomic mass is 9.83. The van der Waals surface area contributed by atoms with Gasteiger partial charge in [0.1, 0.15) is 11.9 Å². The van der Waals surface area contributed by atoms with Gasteiger partial charge in [-0.25, -0.2) is 0 Å². The van der Waals surface area contributed by atoms with Gasteiger partial charge in [0, 0.05) is 7.11 Å². The first-order valence-corrected chi connectivity index (χ1v) is 6.33. The van der Waals surface area contributed by atoms with Crippen LogP contribution in [0, 0.1) is 5.41 Å². The lowest BCUT2D eigenvalue weighted by molar-refractivity contribution is -0.0724. The highest BCUT2D eigenvalue weighted by molar-refractivity contribution is 5.29. The van der Waals surface area contributed by atoms with Gasteiger partial charge in [-0.05, 0) is 30.0 Å². The third kappa shape index (κ3) is 3.72. The molecule has 102 valence electrons. The molecule has 0 aliphatic carbocycles. The van der Waals surface area contributed by atoms with E-state index in [2.05, 4.69) is 20.8 Å². The van der Waals surface area contributed by atoms with Crippen molar-refractivity contribution >= 4 is 0 Å². The molecule has 3 heteroatoms. The number of aliphatic hydroxyl groups is 1. The van der Waals surface area contributed by atoms with E-state index >= 15 is 0 Å². The minimum Gasteiger partial charge on any atom is -0.494 e. The predicted octanol–water partition coefficient (Wildman–Crippen LogP) is 3.18. The van der Waals surface area contributed by atoms with Gasteiger partial charge in [-0.15, -0.1) is 0 Å². The highest BCUT2D eigenvalue weighted by atomic mass is 16.5. The first-order valence-electron chi connectivity index (χ1n) is 6.33. The number of aliphatic hydroxyl groups excluding tert-OH is 1. The first kappa shape index (κ1) is 15.0. The normalized spacial score (nSPS) is 15.2. The Kier molecular flexibility index (Phi) is 5.17. The van der Waals surface area contributed by atoms with Crippen molar-refractivity contribution in [2.45, 2.75) is 39.9 Å². The van der Waals surface area contributed by atoms with Gasteiger partial charge in [-0.2, -0.15) is 0 Å². The molecule has 1 rings (SSSR count). The van der Waals surface area contributed by atoms with E-state index in [-0.39, 0.29) is 11.5 Å². The Hall–Kier alpha value is -1.06. The van der Waals surface area contributed by atoms with Crippen LogP contribution in [0.3, 0.4) is 0 Å². The third-order valence-electron chi connectivity index (χ3n) is 2.93. The summed E-state index contributed by atoms with van der Waals surface area (Å²) in [5, 5.41) is 10.4. The number of methoxy groups -OCH3 is 1. The Morgan fingerprint density at radius 3 is 2.11 bits per heavy atom. The smallest absolute Gasteiger partial charge is 0.119 e. The molecule has 1 N–H and O–H groups in total. The summed E-state index contributed by atoms with van der Waals surface area (Å²) >= 11 is 0. The van der Waals surface area contributed by atoms with Crippen LogP contribution < -0.4 is 4.74 Å². The molecular weight excluding hydrogens is 228 g/mol. The average Bonchev–Trinajstić information content (AvgIpc) is 2.29. The molecule has 1 aromatic rings. The number of rotatable bonds is 5. The van der Waals surface area contributed by atoms with Crippen molar-refractivity contribution in [2.75, 3.05) is 13.7 Å². The fourth-order valence-corrected chi connectivity index (χ4v) is 2.06. The lowest BCUT2D eigenvalue weighted by Crippen LogP contribution is -2.34. The summed E-state index contributed by atoms with van der Waals surface area (Å²) in [7, 11) is 1.63. The molecule has 0 amide bonds. The van der Waals surface area contributed by atoms with Crippen LogP contribution in [0.1, 0.15) is 39.4 Å². The molecule has 0 saturated carbocycles. The molecule has 0 aliphatic rings. The molecule has 0 fully saturated rings. The zero-order chi connectivity index (χ0) is 13.8. The van der Waals surface area contributed by atoms with Gasteiger partial charge in [0.25, 0.3) is 0 Å². The molecular formula is C15H24O3.